The van der Waals surface area contributed by atoms with Crippen LogP contribution in [0.2, 0.25) is 0 Å². The first-order valence-electron chi connectivity index (χ1n) is 4.64. The van der Waals surface area contributed by atoms with Crippen molar-refractivity contribution in [3.8, 4) is 0 Å². The van der Waals surface area contributed by atoms with Crippen molar-refractivity contribution in [2.75, 3.05) is 0 Å². The lowest BCUT2D eigenvalue weighted by atomic mass is 9.90. The Morgan fingerprint density at radius 3 is 2.92 bits per heavy atom. The van der Waals surface area contributed by atoms with Crippen LogP contribution >= 0.6 is 0 Å². The molecule has 1 atom stereocenters. The zero-order valence-electron chi connectivity index (χ0n) is 7.80. The van der Waals surface area contributed by atoms with Crippen LogP contribution in [0.5, 0.6) is 0 Å². The molecule has 0 aromatic carbocycles. The van der Waals surface area contributed by atoms with Gasteiger partial charge >= 0.3 is 0 Å². The minimum absolute atomic E-state index is 0.502. The van der Waals surface area contributed by atoms with Crippen LogP contribution in [0.15, 0.2) is 52.6 Å². The minimum Gasteiger partial charge on any atom is -0.120 e. The minimum atomic E-state index is 0.502. The van der Waals surface area contributed by atoms with E-state index in [0.29, 0.717) is 5.92 Å². The van der Waals surface area contributed by atoms with E-state index in [9.17, 15) is 0 Å². The molecule has 0 amide bonds. The Labute approximate surface area is 79.0 Å². The van der Waals surface area contributed by atoms with Crippen LogP contribution in [0.3, 0.4) is 0 Å². The molecule has 0 radical (unpaired) electrons. The largest absolute Gasteiger partial charge is 0.120 e. The first kappa shape index (κ1) is 8.17. The van der Waals surface area contributed by atoms with Gasteiger partial charge in [-0.25, -0.2) is 0 Å². The molecule has 0 aromatic heterocycles. The summed E-state index contributed by atoms with van der Waals surface area (Å²) in [7, 11) is 0. The quantitative estimate of drug-likeness (QED) is 0.527. The highest BCUT2D eigenvalue weighted by Gasteiger charge is 2.11. The molecule has 13 heavy (non-hydrogen) atoms. The molecule has 2 aliphatic carbocycles. The highest BCUT2D eigenvalue weighted by Crippen LogP contribution is 2.24. The fraction of sp³-hybridized carbons (Fsp3) is 0.308. The first-order chi connectivity index (χ1) is 6.36. The number of hydrogen-bond donors (Lipinski definition) is 0. The van der Waals surface area contributed by atoms with Crippen molar-refractivity contribution in [2.45, 2.75) is 19.8 Å². The smallest absolute Gasteiger partial charge is 0.0179 e. The van der Waals surface area contributed by atoms with Crippen LogP contribution in [0.25, 0.3) is 0 Å². The van der Waals surface area contributed by atoms with Gasteiger partial charge in [0.1, 0.15) is 0 Å². The second-order valence-electron chi connectivity index (χ2n) is 3.47. The van der Waals surface area contributed by atoms with Crippen LogP contribution < -0.4 is 0 Å². The average Bonchev–Trinajstić information content (AvgIpc) is 2.20. The highest BCUT2D eigenvalue weighted by molar-refractivity contribution is 5.29. The third kappa shape index (κ3) is 1.83. The lowest BCUT2D eigenvalue weighted by molar-refractivity contribution is 0.750. The fourth-order valence-electron chi connectivity index (χ4n) is 1.56. The molecule has 2 rings (SSSR count). The zero-order valence-corrected chi connectivity index (χ0v) is 7.80. The van der Waals surface area contributed by atoms with E-state index in [1.807, 2.05) is 6.08 Å². The molecule has 0 aliphatic heterocycles. The molecular weight excluding hydrogens is 156 g/mol. The molecule has 0 heterocycles. The molecule has 0 aromatic rings. The van der Waals surface area contributed by atoms with E-state index < -0.39 is 0 Å². The fourth-order valence-corrected chi connectivity index (χ4v) is 1.56. The second-order valence-corrected chi connectivity index (χ2v) is 3.47. The Bertz CT molecular complexity index is 399. The molecule has 0 heteroatoms. The van der Waals surface area contributed by atoms with Gasteiger partial charge in [-0.05, 0) is 49.1 Å². The van der Waals surface area contributed by atoms with Gasteiger partial charge in [0.2, 0.25) is 0 Å². The summed E-state index contributed by atoms with van der Waals surface area (Å²) in [6.07, 6.45) is 10.5. The summed E-state index contributed by atoms with van der Waals surface area (Å²) in [5, 5.41) is 0. The van der Waals surface area contributed by atoms with Crippen LogP contribution in [0.1, 0.15) is 19.8 Å². The van der Waals surface area contributed by atoms with Crippen LogP contribution in [-0.4, -0.2) is 0 Å². The van der Waals surface area contributed by atoms with E-state index in [0.717, 1.165) is 12.8 Å². The highest BCUT2D eigenvalue weighted by atomic mass is 14.1. The summed E-state index contributed by atoms with van der Waals surface area (Å²) in [5.41, 5.74) is 12.0. The van der Waals surface area contributed by atoms with Gasteiger partial charge in [-0.15, -0.1) is 5.73 Å². The van der Waals surface area contributed by atoms with Gasteiger partial charge < -0.3 is 0 Å². The molecule has 0 spiro atoms. The number of hydrogen-bond acceptors (Lipinski definition) is 0. The maximum absolute atomic E-state index is 3.34. The van der Waals surface area contributed by atoms with Crippen molar-refractivity contribution in [1.82, 2.24) is 0 Å². The summed E-state index contributed by atoms with van der Waals surface area (Å²) in [6, 6.07) is 0. The van der Waals surface area contributed by atoms with Crippen molar-refractivity contribution in [2.24, 2.45) is 5.92 Å². The molecule has 0 saturated carbocycles. The predicted molar refractivity (Wildman–Crippen MR) is 54.2 cm³/mol. The van der Waals surface area contributed by atoms with Crippen molar-refractivity contribution in [3.63, 3.8) is 0 Å². The standard InChI is InChI=1S/C13H12/c1-11-7-9-13(10-8-11)12-5-3-2-4-6-12/h3,6-8,12H,5,9H2,1H3. The van der Waals surface area contributed by atoms with Gasteiger partial charge in [0.25, 0.3) is 0 Å². The van der Waals surface area contributed by atoms with Gasteiger partial charge in [-0.2, -0.15) is 0 Å². The zero-order chi connectivity index (χ0) is 9.10. The van der Waals surface area contributed by atoms with E-state index >= 15 is 0 Å². The summed E-state index contributed by atoms with van der Waals surface area (Å²) in [5.74, 6) is 0.502. The Hall–Kier alpha value is -1.44. The Balaban J connectivity index is 2.22. The lowest BCUT2D eigenvalue weighted by Gasteiger charge is -2.13. The summed E-state index contributed by atoms with van der Waals surface area (Å²) >= 11 is 0. The summed E-state index contributed by atoms with van der Waals surface area (Å²) < 4.78 is 0. The third-order valence-corrected chi connectivity index (χ3v) is 2.42. The van der Waals surface area contributed by atoms with Crippen LogP contribution in [0.4, 0.5) is 0 Å². The van der Waals surface area contributed by atoms with Gasteiger partial charge in [0.05, 0.1) is 0 Å². The first-order valence-corrected chi connectivity index (χ1v) is 4.64. The molecule has 1 unspecified atom stereocenters. The average molecular weight is 168 g/mol. The molecular formula is C13H12. The molecule has 0 saturated heterocycles. The third-order valence-electron chi connectivity index (χ3n) is 2.42. The van der Waals surface area contributed by atoms with Crippen molar-refractivity contribution in [1.29, 1.82) is 0 Å². The van der Waals surface area contributed by atoms with Gasteiger partial charge in [0, 0.05) is 5.92 Å². The maximum atomic E-state index is 3.34. The summed E-state index contributed by atoms with van der Waals surface area (Å²) in [6.45, 7) is 2.11. The van der Waals surface area contributed by atoms with Gasteiger partial charge in [0.15, 0.2) is 0 Å². The molecule has 0 fully saturated rings. The van der Waals surface area contributed by atoms with Gasteiger partial charge in [-0.3, -0.25) is 0 Å². The van der Waals surface area contributed by atoms with E-state index in [4.69, 9.17) is 0 Å². The summed E-state index contributed by atoms with van der Waals surface area (Å²) in [4.78, 5) is 0. The normalized spacial score (nSPS) is 24.5. The maximum Gasteiger partial charge on any atom is 0.0179 e. The lowest BCUT2D eigenvalue weighted by Crippen LogP contribution is -2.01. The van der Waals surface area contributed by atoms with E-state index in [1.54, 1.807) is 0 Å². The van der Waals surface area contributed by atoms with Gasteiger partial charge in [-0.1, -0.05) is 17.5 Å². The van der Waals surface area contributed by atoms with Crippen LogP contribution in [0, 0.1) is 5.92 Å². The van der Waals surface area contributed by atoms with E-state index in [1.165, 1.54) is 11.1 Å². The van der Waals surface area contributed by atoms with E-state index in [-0.39, 0.29) is 0 Å². The number of rotatable bonds is 1. The second kappa shape index (κ2) is 3.52. The Morgan fingerprint density at radius 1 is 1.38 bits per heavy atom. The Morgan fingerprint density at radius 2 is 2.31 bits per heavy atom. The topological polar surface area (TPSA) is 0 Å². The Kier molecular flexibility index (Phi) is 2.21. The SMILES string of the molecule is CC1=CCC(C2C=C=C=CC2)=C=C1. The predicted octanol–water partition coefficient (Wildman–Crippen LogP) is 3.30. The van der Waals surface area contributed by atoms with E-state index in [2.05, 4.69) is 42.3 Å². The van der Waals surface area contributed by atoms with Crippen molar-refractivity contribution in [3.05, 3.63) is 52.6 Å². The van der Waals surface area contributed by atoms with Crippen LogP contribution in [-0.2, 0) is 0 Å². The molecule has 0 nitrogen and oxygen atoms in total. The van der Waals surface area contributed by atoms with Crippen molar-refractivity contribution >= 4 is 0 Å². The molecule has 0 N–H and O–H groups in total. The molecule has 2 aliphatic rings. The molecule has 0 bridgehead atoms. The number of allylic oxidation sites excluding steroid dienone is 5. The van der Waals surface area contributed by atoms with Crippen molar-refractivity contribution < 1.29 is 0 Å². The monoisotopic (exact) mass is 168 g/mol. The molecule has 64 valence electrons.